The van der Waals surface area contributed by atoms with Crippen molar-refractivity contribution in [3.63, 3.8) is 0 Å². The Hall–Kier alpha value is -1.91. The molecule has 4 aliphatic rings. The number of hydrogen-bond donors (Lipinski definition) is 3. The van der Waals surface area contributed by atoms with Crippen LogP contribution in [0.2, 0.25) is 0 Å². The molecule has 4 aliphatic carbocycles. The molecule has 34 heavy (non-hydrogen) atoms. The molecule has 2 unspecified atom stereocenters. The van der Waals surface area contributed by atoms with Gasteiger partial charge in [0.25, 0.3) is 5.91 Å². The van der Waals surface area contributed by atoms with E-state index in [1.807, 2.05) is 13.8 Å². The summed E-state index contributed by atoms with van der Waals surface area (Å²) in [5.41, 5.74) is -1.05. The predicted molar refractivity (Wildman–Crippen MR) is 130 cm³/mol. The summed E-state index contributed by atoms with van der Waals surface area (Å²) in [7, 11) is -3.40. The molecule has 4 saturated carbocycles. The molecule has 2 atom stereocenters. The van der Waals surface area contributed by atoms with Crippen molar-refractivity contribution in [1.82, 2.24) is 19.8 Å². The molecule has 0 radical (unpaired) electrons. The van der Waals surface area contributed by atoms with Crippen LogP contribution in [-0.2, 0) is 10.0 Å². The van der Waals surface area contributed by atoms with Gasteiger partial charge in [-0.1, -0.05) is 13.8 Å². The third-order valence-electron chi connectivity index (χ3n) is 7.17. The van der Waals surface area contributed by atoms with E-state index in [1.165, 1.54) is 10.9 Å². The monoisotopic (exact) mass is 494 g/mol. The summed E-state index contributed by atoms with van der Waals surface area (Å²) in [6, 6.07) is 0.0547. The number of carbonyl (C=O) groups is 1. The SMILES string of the molecule is CC(C)COc1c(C(=O)N[C@H]2C3CC4CC2C[C@](O)(C4)C3)cnn1/C=C/C(C)(C)NS(C)(=O)=O. The zero-order valence-corrected chi connectivity index (χ0v) is 21.6. The third-order valence-corrected chi connectivity index (χ3v) is 8.06. The Morgan fingerprint density at radius 2 is 1.97 bits per heavy atom. The molecule has 5 rings (SSSR count). The maximum absolute atomic E-state index is 13.4. The van der Waals surface area contributed by atoms with Gasteiger partial charge in [0.15, 0.2) is 0 Å². The molecule has 0 aliphatic heterocycles. The number of ether oxygens (including phenoxy) is 1. The summed E-state index contributed by atoms with van der Waals surface area (Å²) < 4.78 is 33.3. The van der Waals surface area contributed by atoms with Gasteiger partial charge in [-0.2, -0.15) is 5.10 Å². The Balaban J connectivity index is 1.54. The van der Waals surface area contributed by atoms with Gasteiger partial charge >= 0.3 is 0 Å². The van der Waals surface area contributed by atoms with E-state index in [9.17, 15) is 18.3 Å². The first-order chi connectivity index (χ1) is 15.7. The van der Waals surface area contributed by atoms with E-state index in [0.29, 0.717) is 35.8 Å². The number of amides is 1. The van der Waals surface area contributed by atoms with Gasteiger partial charge in [-0.05, 0) is 75.7 Å². The fourth-order valence-electron chi connectivity index (χ4n) is 6.22. The van der Waals surface area contributed by atoms with Crippen LogP contribution >= 0.6 is 0 Å². The number of carbonyl (C=O) groups excluding carboxylic acids is 1. The average Bonchev–Trinajstić information content (AvgIpc) is 3.07. The number of nitrogens with zero attached hydrogens (tertiary/aromatic N) is 2. The highest BCUT2D eigenvalue weighted by Gasteiger charge is 2.55. The van der Waals surface area contributed by atoms with Gasteiger partial charge in [-0.3, -0.25) is 4.79 Å². The minimum Gasteiger partial charge on any atom is -0.477 e. The quantitative estimate of drug-likeness (QED) is 0.484. The molecule has 4 bridgehead atoms. The fraction of sp³-hybridized carbons (Fsp3) is 0.750. The molecule has 9 nitrogen and oxygen atoms in total. The molecule has 190 valence electrons. The molecule has 1 aromatic heterocycles. The van der Waals surface area contributed by atoms with Gasteiger partial charge in [-0.15, -0.1) is 0 Å². The van der Waals surface area contributed by atoms with Crippen molar-refractivity contribution >= 4 is 22.1 Å². The minimum atomic E-state index is -3.40. The summed E-state index contributed by atoms with van der Waals surface area (Å²) in [4.78, 5) is 13.4. The first kappa shape index (κ1) is 25.2. The van der Waals surface area contributed by atoms with Crippen LogP contribution < -0.4 is 14.8 Å². The number of aromatic nitrogens is 2. The summed E-state index contributed by atoms with van der Waals surface area (Å²) in [6.07, 6.45) is 10.4. The van der Waals surface area contributed by atoms with Crippen LogP contribution in [0.15, 0.2) is 12.3 Å². The molecular weight excluding hydrogens is 456 g/mol. The maximum Gasteiger partial charge on any atom is 0.258 e. The molecule has 1 amide bonds. The Kier molecular flexibility index (Phi) is 6.63. The second-order valence-electron chi connectivity index (χ2n) is 11.6. The van der Waals surface area contributed by atoms with Gasteiger partial charge < -0.3 is 15.2 Å². The average molecular weight is 495 g/mol. The van der Waals surface area contributed by atoms with E-state index in [1.54, 1.807) is 26.1 Å². The Labute approximate surface area is 202 Å². The molecule has 1 aromatic rings. The number of hydrogen-bond acceptors (Lipinski definition) is 6. The van der Waals surface area contributed by atoms with Crippen molar-refractivity contribution in [3.05, 3.63) is 17.8 Å². The zero-order chi connectivity index (χ0) is 24.9. The van der Waals surface area contributed by atoms with Gasteiger partial charge in [0.2, 0.25) is 15.9 Å². The van der Waals surface area contributed by atoms with Crippen LogP contribution in [0.3, 0.4) is 0 Å². The molecular formula is C24H38N4O5S. The van der Waals surface area contributed by atoms with Crippen molar-refractivity contribution in [1.29, 1.82) is 0 Å². The van der Waals surface area contributed by atoms with Crippen molar-refractivity contribution in [2.45, 2.75) is 77.0 Å². The molecule has 0 aromatic carbocycles. The van der Waals surface area contributed by atoms with Crippen molar-refractivity contribution in [2.75, 3.05) is 12.9 Å². The second-order valence-corrected chi connectivity index (χ2v) is 13.4. The number of sulfonamides is 1. The Morgan fingerprint density at radius 1 is 1.32 bits per heavy atom. The van der Waals surface area contributed by atoms with E-state index in [2.05, 4.69) is 15.1 Å². The number of rotatable bonds is 9. The molecule has 0 saturated heterocycles. The lowest BCUT2D eigenvalue weighted by Gasteiger charge is -2.58. The summed E-state index contributed by atoms with van der Waals surface area (Å²) in [6.45, 7) is 7.92. The first-order valence-corrected chi connectivity index (χ1v) is 14.0. The van der Waals surface area contributed by atoms with E-state index in [0.717, 1.165) is 38.4 Å². The highest BCUT2D eigenvalue weighted by Crippen LogP contribution is 2.55. The normalized spacial score (nSPS) is 30.9. The lowest BCUT2D eigenvalue weighted by Crippen LogP contribution is -2.61. The topological polar surface area (TPSA) is 123 Å². The molecule has 0 spiro atoms. The van der Waals surface area contributed by atoms with Gasteiger partial charge in [0.1, 0.15) is 5.56 Å². The number of aliphatic hydroxyl groups is 1. The number of nitrogens with one attached hydrogen (secondary N) is 2. The highest BCUT2D eigenvalue weighted by molar-refractivity contribution is 7.88. The van der Waals surface area contributed by atoms with E-state index < -0.39 is 21.2 Å². The lowest BCUT2D eigenvalue weighted by molar-refractivity contribution is -0.136. The second kappa shape index (κ2) is 8.95. The van der Waals surface area contributed by atoms with Crippen LogP contribution in [0.25, 0.3) is 6.20 Å². The van der Waals surface area contributed by atoms with E-state index >= 15 is 0 Å². The van der Waals surface area contributed by atoms with Gasteiger partial charge in [-0.25, -0.2) is 17.8 Å². The van der Waals surface area contributed by atoms with Crippen LogP contribution in [0.1, 0.15) is 70.2 Å². The van der Waals surface area contributed by atoms with Crippen molar-refractivity contribution in [3.8, 4) is 5.88 Å². The van der Waals surface area contributed by atoms with Crippen LogP contribution in [0, 0.1) is 23.7 Å². The summed E-state index contributed by atoms with van der Waals surface area (Å²) in [5.74, 6) is 1.53. The lowest BCUT2D eigenvalue weighted by atomic mass is 9.52. The van der Waals surface area contributed by atoms with Crippen LogP contribution in [0.5, 0.6) is 5.88 Å². The van der Waals surface area contributed by atoms with Gasteiger partial charge in [0, 0.05) is 17.8 Å². The molecule has 1 heterocycles. The minimum absolute atomic E-state index is 0.0547. The third kappa shape index (κ3) is 5.66. The maximum atomic E-state index is 13.4. The zero-order valence-electron chi connectivity index (χ0n) is 20.7. The standard InChI is InChI=1S/C24H38N4O5S/c1-15(2)14-33-22-19(13-25-28(22)7-6-23(3,4)27-34(5,31)32)21(29)26-20-17-8-16-9-18(20)12-24(30,10-16)11-17/h6-7,13,15-18,20,27,30H,8-12,14H2,1-5H3,(H,26,29)/b7-6+/t16?,17?,18?,20-,24-. The Bertz CT molecular complexity index is 1050. The van der Waals surface area contributed by atoms with Crippen molar-refractivity contribution in [2.24, 2.45) is 23.7 Å². The van der Waals surface area contributed by atoms with Crippen LogP contribution in [-0.4, -0.2) is 59.3 Å². The highest BCUT2D eigenvalue weighted by atomic mass is 32.2. The van der Waals surface area contributed by atoms with Crippen LogP contribution in [0.4, 0.5) is 0 Å². The predicted octanol–water partition coefficient (Wildman–Crippen LogP) is 2.39. The first-order valence-electron chi connectivity index (χ1n) is 12.2. The fourth-order valence-corrected chi connectivity index (χ4v) is 7.24. The van der Waals surface area contributed by atoms with E-state index in [4.69, 9.17) is 4.74 Å². The Morgan fingerprint density at radius 3 is 2.53 bits per heavy atom. The molecule has 3 N–H and O–H groups in total. The summed E-state index contributed by atoms with van der Waals surface area (Å²) in [5, 5.41) is 18.4. The van der Waals surface area contributed by atoms with E-state index in [-0.39, 0.29) is 17.9 Å². The largest absolute Gasteiger partial charge is 0.477 e. The van der Waals surface area contributed by atoms with Gasteiger partial charge in [0.05, 0.1) is 24.7 Å². The smallest absolute Gasteiger partial charge is 0.258 e. The van der Waals surface area contributed by atoms with Crippen molar-refractivity contribution < 1.29 is 23.1 Å². The molecule has 10 heteroatoms. The molecule has 4 fully saturated rings. The summed E-state index contributed by atoms with van der Waals surface area (Å²) >= 11 is 0.